The monoisotopic (exact) mass is 423 g/mol. The summed E-state index contributed by atoms with van der Waals surface area (Å²) in [7, 11) is 0. The predicted octanol–water partition coefficient (Wildman–Crippen LogP) is 1.49. The number of halogens is 1. The number of quaternary nitrogens is 1. The molecule has 8 heteroatoms. The summed E-state index contributed by atoms with van der Waals surface area (Å²) < 4.78 is 22.0. The van der Waals surface area contributed by atoms with Crippen LogP contribution in [0.4, 0.5) is 10.1 Å². The van der Waals surface area contributed by atoms with Crippen LogP contribution in [0.5, 0.6) is 0 Å². The van der Waals surface area contributed by atoms with E-state index in [4.69, 9.17) is 4.74 Å². The van der Waals surface area contributed by atoms with Gasteiger partial charge >= 0.3 is 0 Å². The van der Waals surface area contributed by atoms with E-state index in [9.17, 15) is 4.39 Å². The van der Waals surface area contributed by atoms with Gasteiger partial charge in [0.15, 0.2) is 6.04 Å². The van der Waals surface area contributed by atoms with Crippen molar-refractivity contribution in [3.05, 3.63) is 71.8 Å². The van der Waals surface area contributed by atoms with Crippen molar-refractivity contribution in [1.82, 2.24) is 20.2 Å². The Kier molecular flexibility index (Phi) is 5.90. The number of anilines is 1. The van der Waals surface area contributed by atoms with Gasteiger partial charge in [0.1, 0.15) is 5.82 Å². The summed E-state index contributed by atoms with van der Waals surface area (Å²) in [5.74, 6) is 0.710. The van der Waals surface area contributed by atoms with E-state index in [2.05, 4.69) is 44.7 Å². The minimum absolute atomic E-state index is 0.0281. The summed E-state index contributed by atoms with van der Waals surface area (Å²) in [6, 6.07) is 17.5. The number of tetrazole rings is 1. The number of piperazine rings is 1. The zero-order chi connectivity index (χ0) is 21.0. The molecule has 0 amide bonds. The average molecular weight is 424 g/mol. The minimum Gasteiger partial charge on any atom is -0.376 e. The number of hydrogen-bond donors (Lipinski definition) is 1. The first-order valence-electron chi connectivity index (χ1n) is 11.1. The molecule has 0 saturated carbocycles. The Morgan fingerprint density at radius 1 is 1.06 bits per heavy atom. The number of ether oxygens (including phenoxy) is 1. The number of para-hydroxylation sites is 1. The largest absolute Gasteiger partial charge is 0.376 e. The third-order valence-corrected chi connectivity index (χ3v) is 6.36. The molecule has 0 aliphatic carbocycles. The molecule has 31 heavy (non-hydrogen) atoms. The zero-order valence-electron chi connectivity index (χ0n) is 17.5. The summed E-state index contributed by atoms with van der Waals surface area (Å²) in [5.41, 5.74) is 1.88. The summed E-state index contributed by atoms with van der Waals surface area (Å²) in [6.07, 6.45) is 2.31. The second-order valence-electron chi connectivity index (χ2n) is 8.29. The molecule has 2 aliphatic heterocycles. The summed E-state index contributed by atoms with van der Waals surface area (Å²) in [4.78, 5) is 3.53. The third kappa shape index (κ3) is 4.31. The zero-order valence-corrected chi connectivity index (χ0v) is 17.5. The Bertz CT molecular complexity index is 982. The maximum atomic E-state index is 14.3. The van der Waals surface area contributed by atoms with Gasteiger partial charge in [-0.05, 0) is 35.4 Å². The normalized spacial score (nSPS) is 20.8. The molecular weight excluding hydrogens is 395 g/mol. The second kappa shape index (κ2) is 9.11. The smallest absolute Gasteiger partial charge is 0.214 e. The quantitative estimate of drug-likeness (QED) is 0.651. The first-order chi connectivity index (χ1) is 15.3. The topological polar surface area (TPSA) is 60.5 Å². The fourth-order valence-electron chi connectivity index (χ4n) is 4.77. The van der Waals surface area contributed by atoms with E-state index in [-0.39, 0.29) is 18.0 Å². The van der Waals surface area contributed by atoms with Crippen molar-refractivity contribution in [3.8, 4) is 0 Å². The number of aromatic nitrogens is 4. The Morgan fingerprint density at radius 3 is 2.58 bits per heavy atom. The van der Waals surface area contributed by atoms with Gasteiger partial charge in [-0.1, -0.05) is 42.5 Å². The Balaban J connectivity index is 1.39. The molecule has 2 aromatic carbocycles. The molecule has 5 rings (SSSR count). The SMILES string of the molecule is Fc1ccccc1N1CC[NH+]([C@@H](c2ccccc2)c2nnnn2C[C@@H]2CCCO2)CC1. The maximum absolute atomic E-state index is 14.3. The average Bonchev–Trinajstić information content (AvgIpc) is 3.49. The van der Waals surface area contributed by atoms with Crippen molar-refractivity contribution in [1.29, 1.82) is 0 Å². The minimum atomic E-state index is -0.161. The molecule has 2 saturated heterocycles. The first kappa shape index (κ1) is 20.1. The lowest BCUT2D eigenvalue weighted by atomic mass is 10.0. The number of benzene rings is 2. The van der Waals surface area contributed by atoms with Crippen LogP contribution in [0.15, 0.2) is 54.6 Å². The molecule has 3 heterocycles. The highest BCUT2D eigenvalue weighted by Gasteiger charge is 2.35. The van der Waals surface area contributed by atoms with Crippen LogP contribution in [0.3, 0.4) is 0 Å². The van der Waals surface area contributed by atoms with Crippen molar-refractivity contribution in [2.24, 2.45) is 0 Å². The highest BCUT2D eigenvalue weighted by Crippen LogP contribution is 2.22. The molecule has 0 unspecified atom stereocenters. The van der Waals surface area contributed by atoms with Gasteiger partial charge in [-0.2, -0.15) is 0 Å². The number of hydrogen-bond acceptors (Lipinski definition) is 5. The Labute approximate surface area is 181 Å². The molecule has 0 radical (unpaired) electrons. The van der Waals surface area contributed by atoms with Gasteiger partial charge in [-0.3, -0.25) is 0 Å². The van der Waals surface area contributed by atoms with E-state index < -0.39 is 0 Å². The van der Waals surface area contributed by atoms with Crippen LogP contribution in [0.25, 0.3) is 0 Å². The van der Waals surface area contributed by atoms with Gasteiger partial charge < -0.3 is 14.5 Å². The van der Waals surface area contributed by atoms with Crippen molar-refractivity contribution in [2.45, 2.75) is 31.5 Å². The Hall–Kier alpha value is -2.84. The van der Waals surface area contributed by atoms with Crippen molar-refractivity contribution in [3.63, 3.8) is 0 Å². The van der Waals surface area contributed by atoms with E-state index >= 15 is 0 Å². The molecule has 0 bridgehead atoms. The van der Waals surface area contributed by atoms with Crippen molar-refractivity contribution in [2.75, 3.05) is 37.7 Å². The van der Waals surface area contributed by atoms with E-state index in [1.165, 1.54) is 16.5 Å². The first-order valence-corrected chi connectivity index (χ1v) is 11.1. The standard InChI is InChI=1S/C23H27FN6O/c24-20-10-4-5-11-21(20)28-12-14-29(15-13-28)22(18-7-2-1-3-8-18)23-25-26-27-30(23)17-19-9-6-16-31-19/h1-5,7-8,10-11,19,22H,6,9,12-17H2/p+1/t19-,22-/m0/s1. The molecule has 2 aliphatic rings. The van der Waals surface area contributed by atoms with E-state index in [0.717, 1.165) is 51.5 Å². The third-order valence-electron chi connectivity index (χ3n) is 6.36. The molecule has 1 aromatic heterocycles. The molecule has 1 N–H and O–H groups in total. The summed E-state index contributed by atoms with van der Waals surface area (Å²) >= 11 is 0. The van der Waals surface area contributed by atoms with Crippen molar-refractivity contribution < 1.29 is 14.0 Å². The lowest BCUT2D eigenvalue weighted by Gasteiger charge is -2.37. The second-order valence-corrected chi connectivity index (χ2v) is 8.29. The summed E-state index contributed by atoms with van der Waals surface area (Å²) in [6.45, 7) is 4.81. The summed E-state index contributed by atoms with van der Waals surface area (Å²) in [5, 5.41) is 12.8. The highest BCUT2D eigenvalue weighted by molar-refractivity contribution is 5.47. The molecule has 7 nitrogen and oxygen atoms in total. The van der Waals surface area contributed by atoms with Gasteiger partial charge in [0, 0.05) is 12.2 Å². The van der Waals surface area contributed by atoms with E-state index in [1.807, 2.05) is 22.9 Å². The van der Waals surface area contributed by atoms with Crippen LogP contribution >= 0.6 is 0 Å². The highest BCUT2D eigenvalue weighted by atomic mass is 19.1. The fraction of sp³-hybridized carbons (Fsp3) is 0.435. The van der Waals surface area contributed by atoms with Crippen LogP contribution in [-0.2, 0) is 11.3 Å². The van der Waals surface area contributed by atoms with Gasteiger partial charge in [-0.15, -0.1) is 5.10 Å². The van der Waals surface area contributed by atoms with Gasteiger partial charge in [-0.25, -0.2) is 9.07 Å². The Morgan fingerprint density at radius 2 is 1.84 bits per heavy atom. The van der Waals surface area contributed by atoms with E-state index in [0.29, 0.717) is 12.2 Å². The molecule has 2 fully saturated rings. The molecule has 162 valence electrons. The molecule has 2 atom stereocenters. The van der Waals surface area contributed by atoms with Gasteiger partial charge in [0.25, 0.3) is 0 Å². The van der Waals surface area contributed by atoms with Crippen LogP contribution in [-0.4, -0.2) is 59.1 Å². The van der Waals surface area contributed by atoms with E-state index in [1.54, 1.807) is 6.07 Å². The van der Waals surface area contributed by atoms with Crippen LogP contribution in [0, 0.1) is 5.82 Å². The number of nitrogens with zero attached hydrogens (tertiary/aromatic N) is 5. The predicted molar refractivity (Wildman–Crippen MR) is 114 cm³/mol. The fourth-order valence-corrected chi connectivity index (χ4v) is 4.77. The molecular formula is C23H28FN6O+. The van der Waals surface area contributed by atoms with Crippen molar-refractivity contribution >= 4 is 5.69 Å². The van der Waals surface area contributed by atoms with Gasteiger partial charge in [0.05, 0.1) is 44.5 Å². The van der Waals surface area contributed by atoms with Gasteiger partial charge in [0.2, 0.25) is 5.82 Å². The van der Waals surface area contributed by atoms with Crippen LogP contribution in [0.2, 0.25) is 0 Å². The van der Waals surface area contributed by atoms with Crippen LogP contribution in [0.1, 0.15) is 30.3 Å². The maximum Gasteiger partial charge on any atom is 0.214 e. The van der Waals surface area contributed by atoms with Crippen LogP contribution < -0.4 is 9.80 Å². The lowest BCUT2D eigenvalue weighted by Crippen LogP contribution is -3.15. The molecule has 0 spiro atoms. The number of nitrogens with one attached hydrogen (secondary N) is 1. The molecule has 3 aromatic rings. The number of rotatable bonds is 6. The lowest BCUT2D eigenvalue weighted by molar-refractivity contribution is -0.927.